The number of carbonyl (C=O) groups excluding carboxylic acids is 1. The van der Waals surface area contributed by atoms with Crippen molar-refractivity contribution in [3.63, 3.8) is 0 Å². The molecule has 0 spiro atoms. The molecular weight excluding hydrogens is 462 g/mol. The van der Waals surface area contributed by atoms with Crippen LogP contribution in [0.3, 0.4) is 0 Å². The maximum Gasteiger partial charge on any atom is 0.308 e. The number of carbonyl (C=O) groups is 1. The van der Waals surface area contributed by atoms with Gasteiger partial charge in [0, 0.05) is 29.1 Å². The Balaban J connectivity index is 1.84. The van der Waals surface area contributed by atoms with Crippen molar-refractivity contribution in [2.75, 3.05) is 0 Å². The van der Waals surface area contributed by atoms with E-state index in [0.29, 0.717) is 12.8 Å². The number of aromatic nitrogens is 1. The van der Waals surface area contributed by atoms with Crippen LogP contribution in [0.5, 0.6) is 0 Å². The number of epoxide rings is 1. The molecule has 196 valence electrons. The number of esters is 1. The summed E-state index contributed by atoms with van der Waals surface area (Å²) in [6.45, 7) is 18.0. The van der Waals surface area contributed by atoms with Gasteiger partial charge in [-0.1, -0.05) is 58.9 Å². The van der Waals surface area contributed by atoms with E-state index in [2.05, 4.69) is 36.9 Å². The molecule has 0 amide bonds. The SMILES string of the molecule is C=C1[C@H](C)[C@@H](O)[C@@H](C)/C=C/C[C@@]2(C)O[C@H]2C[C@@H](C(C)Cc2csc(C)n2)OC(=O)C[C@H](O)C1(C)C. The summed E-state index contributed by atoms with van der Waals surface area (Å²) in [6.07, 6.45) is 4.05. The number of hydrogen-bond acceptors (Lipinski definition) is 7. The molecule has 3 rings (SSSR count). The number of ether oxygens (including phenoxy) is 2. The third kappa shape index (κ3) is 6.62. The number of thiazole rings is 1. The average Bonchev–Trinajstić information content (AvgIpc) is 3.22. The fourth-order valence-electron chi connectivity index (χ4n) is 5.06. The first kappa shape index (κ1) is 28.0. The molecule has 6 nitrogen and oxygen atoms in total. The van der Waals surface area contributed by atoms with E-state index in [4.69, 9.17) is 9.47 Å². The highest BCUT2D eigenvalue weighted by Gasteiger charge is 2.52. The highest BCUT2D eigenvalue weighted by Crippen LogP contribution is 2.44. The molecule has 1 fully saturated rings. The lowest BCUT2D eigenvalue weighted by Crippen LogP contribution is -2.39. The van der Waals surface area contributed by atoms with Crippen LogP contribution in [0.25, 0.3) is 0 Å². The summed E-state index contributed by atoms with van der Waals surface area (Å²) in [5.41, 5.74) is 0.650. The number of hydrogen-bond donors (Lipinski definition) is 2. The Bertz CT molecular complexity index is 940. The first-order valence-corrected chi connectivity index (χ1v) is 13.6. The standard InChI is InChI=1S/C28H43NO5S/c1-16-10-9-11-28(8)24(34-28)13-22(17(2)12-21-15-35-20(5)29-21)33-25(31)14-23(30)27(6,7)19(4)18(3)26(16)32/h9-10,15-18,22-24,26,30,32H,4,11-14H2,1-3,5-8H3/b10-9+/t16-,17?,18-,22-,23-,24-,26-,28+/m0/s1. The van der Waals surface area contributed by atoms with Crippen LogP contribution in [0.2, 0.25) is 0 Å². The molecular formula is C28H43NO5S. The predicted molar refractivity (Wildman–Crippen MR) is 139 cm³/mol. The average molecular weight is 506 g/mol. The number of rotatable bonds is 3. The van der Waals surface area contributed by atoms with E-state index in [0.717, 1.165) is 22.7 Å². The lowest BCUT2D eigenvalue weighted by molar-refractivity contribution is -0.156. The smallest absolute Gasteiger partial charge is 0.308 e. The van der Waals surface area contributed by atoms with E-state index in [-0.39, 0.29) is 42.0 Å². The minimum absolute atomic E-state index is 0.0160. The summed E-state index contributed by atoms with van der Waals surface area (Å²) in [4.78, 5) is 17.6. The summed E-state index contributed by atoms with van der Waals surface area (Å²) in [5.74, 6) is -0.708. The molecule has 2 aliphatic heterocycles. The van der Waals surface area contributed by atoms with Gasteiger partial charge in [0.25, 0.3) is 0 Å². The van der Waals surface area contributed by atoms with Gasteiger partial charge in [-0.15, -0.1) is 11.3 Å². The molecule has 2 N–H and O–H groups in total. The van der Waals surface area contributed by atoms with Crippen LogP contribution in [-0.4, -0.2) is 51.2 Å². The van der Waals surface area contributed by atoms with Crippen molar-refractivity contribution in [3.8, 4) is 0 Å². The first-order valence-electron chi connectivity index (χ1n) is 12.7. The number of aliphatic hydroxyl groups excluding tert-OH is 2. The molecule has 1 saturated heterocycles. The maximum atomic E-state index is 13.0. The molecule has 1 aromatic heterocycles. The summed E-state index contributed by atoms with van der Waals surface area (Å²) in [5, 5.41) is 25.0. The second kappa shape index (κ2) is 10.8. The lowest BCUT2D eigenvalue weighted by atomic mass is 9.71. The topological polar surface area (TPSA) is 92.2 Å². The van der Waals surface area contributed by atoms with Gasteiger partial charge in [0.15, 0.2) is 0 Å². The number of cyclic esters (lactones) is 1. The van der Waals surface area contributed by atoms with Crippen molar-refractivity contribution in [3.05, 3.63) is 40.4 Å². The summed E-state index contributed by atoms with van der Waals surface area (Å²) < 4.78 is 12.1. The summed E-state index contributed by atoms with van der Waals surface area (Å²) >= 11 is 1.62. The number of aliphatic hydroxyl groups is 2. The second-order valence-corrected chi connectivity index (χ2v) is 12.5. The fraction of sp³-hybridized carbons (Fsp3) is 0.714. The Kier molecular flexibility index (Phi) is 8.68. The Morgan fingerprint density at radius 1 is 1.29 bits per heavy atom. The lowest BCUT2D eigenvalue weighted by Gasteiger charge is -2.38. The van der Waals surface area contributed by atoms with E-state index in [1.807, 2.05) is 40.7 Å². The van der Waals surface area contributed by atoms with Gasteiger partial charge in [0.1, 0.15) is 6.10 Å². The molecule has 0 aromatic carbocycles. The molecule has 1 aromatic rings. The summed E-state index contributed by atoms with van der Waals surface area (Å²) in [7, 11) is 0. The number of fused-ring (bicyclic) bond motifs is 1. The van der Waals surface area contributed by atoms with Crippen molar-refractivity contribution >= 4 is 17.3 Å². The molecule has 8 atom stereocenters. The molecule has 0 bridgehead atoms. The Morgan fingerprint density at radius 3 is 2.60 bits per heavy atom. The van der Waals surface area contributed by atoms with Gasteiger partial charge in [-0.25, -0.2) is 4.98 Å². The molecule has 3 heterocycles. The van der Waals surface area contributed by atoms with Gasteiger partial charge in [-0.2, -0.15) is 0 Å². The molecule has 35 heavy (non-hydrogen) atoms. The zero-order chi connectivity index (χ0) is 26.1. The Morgan fingerprint density at radius 2 is 1.97 bits per heavy atom. The van der Waals surface area contributed by atoms with E-state index in [9.17, 15) is 15.0 Å². The van der Waals surface area contributed by atoms with E-state index in [1.165, 1.54) is 0 Å². The largest absolute Gasteiger partial charge is 0.462 e. The van der Waals surface area contributed by atoms with E-state index >= 15 is 0 Å². The van der Waals surface area contributed by atoms with E-state index in [1.54, 1.807) is 11.3 Å². The third-order valence-corrected chi connectivity index (χ3v) is 9.00. The van der Waals surface area contributed by atoms with Gasteiger partial charge in [0.05, 0.1) is 41.0 Å². The van der Waals surface area contributed by atoms with Crippen molar-refractivity contribution in [1.29, 1.82) is 0 Å². The van der Waals surface area contributed by atoms with Crippen LogP contribution < -0.4 is 0 Å². The van der Waals surface area contributed by atoms with Crippen LogP contribution in [-0.2, 0) is 20.7 Å². The van der Waals surface area contributed by atoms with Crippen molar-refractivity contribution in [2.45, 2.75) is 104 Å². The summed E-state index contributed by atoms with van der Waals surface area (Å²) in [6, 6.07) is 0. The van der Waals surface area contributed by atoms with Gasteiger partial charge in [0.2, 0.25) is 0 Å². The van der Waals surface area contributed by atoms with Crippen LogP contribution in [0.15, 0.2) is 29.7 Å². The highest BCUT2D eigenvalue weighted by atomic mass is 32.1. The second-order valence-electron chi connectivity index (χ2n) is 11.5. The van der Waals surface area contributed by atoms with Gasteiger partial charge in [-0.05, 0) is 32.6 Å². The molecule has 0 saturated carbocycles. The minimum atomic E-state index is -0.976. The van der Waals surface area contributed by atoms with Crippen molar-refractivity contribution < 1.29 is 24.5 Å². The first-order chi connectivity index (χ1) is 16.2. The molecule has 2 aliphatic rings. The number of nitrogens with zero attached hydrogens (tertiary/aromatic N) is 1. The Labute approximate surface area is 214 Å². The van der Waals surface area contributed by atoms with Crippen molar-refractivity contribution in [1.82, 2.24) is 4.98 Å². The zero-order valence-electron chi connectivity index (χ0n) is 22.3. The molecule has 7 heteroatoms. The third-order valence-electron chi connectivity index (χ3n) is 8.18. The number of aryl methyl sites for hydroxylation is 1. The van der Waals surface area contributed by atoms with Crippen LogP contribution in [0, 0.1) is 30.1 Å². The van der Waals surface area contributed by atoms with Gasteiger partial charge in [-0.3, -0.25) is 4.79 Å². The molecule has 0 radical (unpaired) electrons. The van der Waals surface area contributed by atoms with Crippen molar-refractivity contribution in [2.24, 2.45) is 23.2 Å². The monoisotopic (exact) mass is 505 g/mol. The molecule has 0 aliphatic carbocycles. The van der Waals surface area contributed by atoms with Crippen LogP contribution >= 0.6 is 11.3 Å². The minimum Gasteiger partial charge on any atom is -0.462 e. The Hall–Kier alpha value is -1.54. The maximum absolute atomic E-state index is 13.0. The normalized spacial score (nSPS) is 38.3. The van der Waals surface area contributed by atoms with Crippen LogP contribution in [0.4, 0.5) is 0 Å². The van der Waals surface area contributed by atoms with Gasteiger partial charge >= 0.3 is 5.97 Å². The molecule has 1 unspecified atom stereocenters. The fourth-order valence-corrected chi connectivity index (χ4v) is 5.69. The van der Waals surface area contributed by atoms with Crippen LogP contribution in [0.1, 0.15) is 71.5 Å². The van der Waals surface area contributed by atoms with Gasteiger partial charge < -0.3 is 19.7 Å². The zero-order valence-corrected chi connectivity index (χ0v) is 23.1. The van der Waals surface area contributed by atoms with E-state index < -0.39 is 23.6 Å². The predicted octanol–water partition coefficient (Wildman–Crippen LogP) is 5.02. The quantitative estimate of drug-likeness (QED) is 0.341. The highest BCUT2D eigenvalue weighted by molar-refractivity contribution is 7.09.